The Kier molecular flexibility index (Phi) is 7.55. The third-order valence-electron chi connectivity index (χ3n) is 8.84. The highest BCUT2D eigenvalue weighted by molar-refractivity contribution is 7.99. The molecule has 0 bridgehead atoms. The number of anilines is 1. The first-order valence-corrected chi connectivity index (χ1v) is 16.7. The first kappa shape index (κ1) is 28.5. The fourth-order valence-electron chi connectivity index (χ4n) is 6.67. The minimum atomic E-state index is -3.13. The summed E-state index contributed by atoms with van der Waals surface area (Å²) in [5.41, 5.74) is 5.46. The van der Waals surface area contributed by atoms with Gasteiger partial charge in [-0.05, 0) is 68.5 Å². The quantitative estimate of drug-likeness (QED) is 0.204. The molecule has 0 radical (unpaired) electrons. The summed E-state index contributed by atoms with van der Waals surface area (Å²) in [5.74, 6) is 2.83. The number of sulfonamides is 1. The number of pyridine rings is 1. The molecule has 4 aromatic rings. The zero-order valence-electron chi connectivity index (χ0n) is 23.4. The van der Waals surface area contributed by atoms with Gasteiger partial charge in [-0.3, -0.25) is 9.29 Å². The Morgan fingerprint density at radius 2 is 1.90 bits per heavy atom. The van der Waals surface area contributed by atoms with E-state index >= 15 is 0 Å². The van der Waals surface area contributed by atoms with E-state index in [1.165, 1.54) is 12.0 Å². The van der Waals surface area contributed by atoms with Crippen LogP contribution in [0.25, 0.3) is 22.3 Å². The summed E-state index contributed by atoms with van der Waals surface area (Å²) in [6, 6.07) is 18.7. The maximum Gasteiger partial charge on any atom is 0.235 e. The van der Waals surface area contributed by atoms with Crippen LogP contribution in [0.3, 0.4) is 0 Å². The van der Waals surface area contributed by atoms with E-state index in [2.05, 4.69) is 48.9 Å². The molecule has 1 saturated carbocycles. The second kappa shape index (κ2) is 10.9. The molecular formula is C30H35ClN6O2S2. The molecule has 2 aromatic heterocycles. The Morgan fingerprint density at radius 1 is 1.07 bits per heavy atom. The number of aryl methyl sites for hydroxylation is 1. The summed E-state index contributed by atoms with van der Waals surface area (Å²) in [6.07, 6.45) is 3.05. The predicted octanol–water partition coefficient (Wildman–Crippen LogP) is 5.06. The normalized spacial score (nSPS) is 23.1. The number of fused-ring (bicyclic) bond motifs is 2. The first-order valence-electron chi connectivity index (χ1n) is 14.1. The van der Waals surface area contributed by atoms with Gasteiger partial charge in [-0.25, -0.2) is 8.42 Å². The van der Waals surface area contributed by atoms with E-state index < -0.39 is 10.0 Å². The number of aromatic nitrogens is 4. The number of rotatable bonds is 8. The monoisotopic (exact) mass is 610 g/mol. The van der Waals surface area contributed by atoms with Gasteiger partial charge < -0.3 is 9.47 Å². The van der Waals surface area contributed by atoms with Crippen molar-refractivity contribution in [3.63, 3.8) is 0 Å². The van der Waals surface area contributed by atoms with Crippen LogP contribution in [0.15, 0.2) is 59.8 Å². The molecular weight excluding hydrogens is 576 g/mol. The Balaban J connectivity index is 0.00000302. The first-order chi connectivity index (χ1) is 19.3. The molecule has 2 saturated heterocycles. The Labute approximate surface area is 252 Å². The summed E-state index contributed by atoms with van der Waals surface area (Å²) >= 11 is 1.77. The standard InChI is InChI=1S/C30H34N6O2S2.ClH/c1-21-8-13-25-26(6-3-7-27(25)31-21)28-32-33-29(34(28)2)39-16-4-14-35-19-23-18-30(23,20-35)22-9-11-24(12-10-22)36-15-5-17-40(36,37)38;/h3,6-13,23H,4-5,14-20H2,1-2H3;1H/t23-,30?;/m1./s1. The largest absolute Gasteiger partial charge is 0.305 e. The second-order valence-corrected chi connectivity index (χ2v) is 14.5. The van der Waals surface area contributed by atoms with Crippen LogP contribution in [0.4, 0.5) is 5.69 Å². The molecule has 1 aliphatic carbocycles. The van der Waals surface area contributed by atoms with Gasteiger partial charge in [0.1, 0.15) is 0 Å². The molecule has 1 unspecified atom stereocenters. The minimum absolute atomic E-state index is 0. The van der Waals surface area contributed by atoms with Crippen molar-refractivity contribution in [1.29, 1.82) is 0 Å². The van der Waals surface area contributed by atoms with Crippen LogP contribution in [0, 0.1) is 12.8 Å². The Morgan fingerprint density at radius 3 is 2.68 bits per heavy atom. The van der Waals surface area contributed by atoms with Gasteiger partial charge in [-0.1, -0.05) is 42.1 Å². The van der Waals surface area contributed by atoms with Gasteiger partial charge in [0.15, 0.2) is 11.0 Å². The number of thioether (sulfide) groups is 1. The maximum atomic E-state index is 12.3. The van der Waals surface area contributed by atoms with Crippen LogP contribution in [0.5, 0.6) is 0 Å². The third-order valence-corrected chi connectivity index (χ3v) is 11.8. The van der Waals surface area contributed by atoms with Crippen LogP contribution in [0.1, 0.15) is 30.5 Å². The van der Waals surface area contributed by atoms with Crippen molar-refractivity contribution in [2.75, 3.05) is 42.0 Å². The zero-order valence-corrected chi connectivity index (χ0v) is 25.8. The predicted molar refractivity (Wildman–Crippen MR) is 167 cm³/mol. The van der Waals surface area contributed by atoms with E-state index in [1.807, 2.05) is 44.3 Å². The highest BCUT2D eigenvalue weighted by atomic mass is 35.5. The molecule has 8 nitrogen and oxygen atoms in total. The lowest BCUT2D eigenvalue weighted by molar-refractivity contribution is 0.299. The molecule has 0 spiro atoms. The summed E-state index contributed by atoms with van der Waals surface area (Å²) in [7, 11) is -1.09. The van der Waals surface area contributed by atoms with Gasteiger partial charge in [0.2, 0.25) is 10.0 Å². The van der Waals surface area contributed by atoms with Crippen molar-refractivity contribution in [3.8, 4) is 11.4 Å². The van der Waals surface area contributed by atoms with Crippen LogP contribution in [-0.4, -0.2) is 70.8 Å². The molecule has 3 fully saturated rings. The molecule has 4 heterocycles. The van der Waals surface area contributed by atoms with Crippen molar-refractivity contribution in [2.45, 2.75) is 36.8 Å². The van der Waals surface area contributed by atoms with Crippen LogP contribution in [-0.2, 0) is 22.5 Å². The number of likely N-dealkylation sites (tertiary alicyclic amines) is 1. The molecule has 2 atom stereocenters. The van der Waals surface area contributed by atoms with Crippen LogP contribution < -0.4 is 4.31 Å². The molecule has 41 heavy (non-hydrogen) atoms. The van der Waals surface area contributed by atoms with E-state index in [4.69, 9.17) is 0 Å². The minimum Gasteiger partial charge on any atom is -0.305 e. The van der Waals surface area contributed by atoms with Gasteiger partial charge in [0.25, 0.3) is 0 Å². The van der Waals surface area contributed by atoms with Crippen molar-refractivity contribution < 1.29 is 8.42 Å². The topological polar surface area (TPSA) is 84.2 Å². The molecule has 7 rings (SSSR count). The SMILES string of the molecule is Cc1ccc2c(-c3nnc(SCCCN4C[C@H]5CC5(c5ccc(N6CCCS6(=O)=O)cc5)C4)n3C)cccc2n1.Cl. The number of nitrogens with zero attached hydrogens (tertiary/aromatic N) is 6. The number of hydrogen-bond donors (Lipinski definition) is 0. The van der Waals surface area contributed by atoms with E-state index in [1.54, 1.807) is 16.1 Å². The summed E-state index contributed by atoms with van der Waals surface area (Å²) in [4.78, 5) is 7.26. The van der Waals surface area contributed by atoms with E-state index in [0.29, 0.717) is 18.9 Å². The second-order valence-electron chi connectivity index (χ2n) is 11.5. The molecule has 3 aliphatic rings. The molecule has 0 N–H and O–H groups in total. The van der Waals surface area contributed by atoms with Gasteiger partial charge in [-0.2, -0.15) is 0 Å². The fourth-order valence-corrected chi connectivity index (χ4v) is 9.07. The molecule has 2 aliphatic heterocycles. The average molecular weight is 611 g/mol. The number of piperidine rings is 1. The summed E-state index contributed by atoms with van der Waals surface area (Å²) < 4.78 is 28.2. The highest BCUT2D eigenvalue weighted by Gasteiger charge is 2.60. The molecule has 0 amide bonds. The van der Waals surface area contributed by atoms with Gasteiger partial charge in [0, 0.05) is 54.5 Å². The fraction of sp³-hybridized carbons (Fsp3) is 0.433. The highest BCUT2D eigenvalue weighted by Crippen LogP contribution is 2.59. The lowest BCUT2D eigenvalue weighted by Crippen LogP contribution is -2.28. The molecule has 216 valence electrons. The maximum absolute atomic E-state index is 12.3. The number of benzene rings is 2. The number of halogens is 1. The van der Waals surface area contributed by atoms with Gasteiger partial charge in [-0.15, -0.1) is 22.6 Å². The summed E-state index contributed by atoms with van der Waals surface area (Å²) in [6.45, 7) is 5.92. The lowest BCUT2D eigenvalue weighted by atomic mass is 9.95. The molecule has 11 heteroatoms. The zero-order chi connectivity index (χ0) is 27.5. The van der Waals surface area contributed by atoms with Crippen molar-refractivity contribution in [3.05, 3.63) is 65.9 Å². The van der Waals surface area contributed by atoms with E-state index in [0.717, 1.165) is 70.6 Å². The van der Waals surface area contributed by atoms with Crippen molar-refractivity contribution in [1.82, 2.24) is 24.6 Å². The Bertz CT molecular complexity index is 1690. The number of hydrogen-bond acceptors (Lipinski definition) is 7. The Hall–Kier alpha value is -2.66. The van der Waals surface area contributed by atoms with Crippen LogP contribution in [0.2, 0.25) is 0 Å². The van der Waals surface area contributed by atoms with Gasteiger partial charge >= 0.3 is 0 Å². The lowest BCUT2D eigenvalue weighted by Gasteiger charge is -2.22. The van der Waals surface area contributed by atoms with Crippen molar-refractivity contribution >= 4 is 50.8 Å². The van der Waals surface area contributed by atoms with E-state index in [9.17, 15) is 8.42 Å². The van der Waals surface area contributed by atoms with Crippen LogP contribution >= 0.6 is 24.2 Å². The smallest absolute Gasteiger partial charge is 0.235 e. The third kappa shape index (κ3) is 5.13. The van der Waals surface area contributed by atoms with E-state index in [-0.39, 0.29) is 23.6 Å². The summed E-state index contributed by atoms with van der Waals surface area (Å²) in [5, 5.41) is 11.1. The van der Waals surface area contributed by atoms with Crippen molar-refractivity contribution in [2.24, 2.45) is 13.0 Å². The average Bonchev–Trinajstić information content (AvgIpc) is 3.18. The molecule has 2 aromatic carbocycles. The van der Waals surface area contributed by atoms with Gasteiger partial charge in [0.05, 0.1) is 17.0 Å².